The molecular weight excluding hydrogens is 160 g/mol. The molecule has 2 unspecified atom stereocenters. The minimum Gasteiger partial charge on any atom is -0.314 e. The Morgan fingerprint density at radius 3 is 2.69 bits per heavy atom. The lowest BCUT2D eigenvalue weighted by Gasteiger charge is -2.40. The molecule has 2 nitrogen and oxygen atoms in total. The highest BCUT2D eigenvalue weighted by atomic mass is 15.2. The monoisotopic (exact) mass is 184 g/mol. The Balaban J connectivity index is 2.47. The molecule has 0 aromatic carbocycles. The van der Waals surface area contributed by atoms with Crippen LogP contribution in [-0.4, -0.2) is 36.6 Å². The second-order valence-electron chi connectivity index (χ2n) is 4.42. The van der Waals surface area contributed by atoms with Crippen LogP contribution in [0.3, 0.4) is 0 Å². The van der Waals surface area contributed by atoms with E-state index in [1.165, 1.54) is 13.0 Å². The number of hydrogen-bond donors (Lipinski definition) is 1. The Morgan fingerprint density at radius 2 is 2.15 bits per heavy atom. The molecule has 13 heavy (non-hydrogen) atoms. The standard InChI is InChI=1S/C11H24N2/c1-5-9(2)11(4)13-7-6-12-8-10(13)3/h9-12H,5-8H2,1-4H3/t9?,10-,11?/m0/s1. The summed E-state index contributed by atoms with van der Waals surface area (Å²) in [5, 5.41) is 3.43. The molecule has 78 valence electrons. The van der Waals surface area contributed by atoms with Gasteiger partial charge in [0.05, 0.1) is 0 Å². The van der Waals surface area contributed by atoms with Crippen molar-refractivity contribution in [2.75, 3.05) is 19.6 Å². The zero-order valence-electron chi connectivity index (χ0n) is 9.51. The summed E-state index contributed by atoms with van der Waals surface area (Å²) < 4.78 is 0. The summed E-state index contributed by atoms with van der Waals surface area (Å²) in [6, 6.07) is 1.44. The average molecular weight is 184 g/mol. The fourth-order valence-corrected chi connectivity index (χ4v) is 2.13. The van der Waals surface area contributed by atoms with E-state index in [4.69, 9.17) is 0 Å². The van der Waals surface area contributed by atoms with Crippen molar-refractivity contribution in [2.24, 2.45) is 5.92 Å². The third-order valence-electron chi connectivity index (χ3n) is 3.54. The minimum atomic E-state index is 0.706. The van der Waals surface area contributed by atoms with Crippen LogP contribution in [0.1, 0.15) is 34.1 Å². The maximum atomic E-state index is 3.43. The van der Waals surface area contributed by atoms with Gasteiger partial charge in [-0.15, -0.1) is 0 Å². The number of piperazine rings is 1. The number of rotatable bonds is 3. The predicted molar refractivity (Wildman–Crippen MR) is 58.0 cm³/mol. The normalized spacial score (nSPS) is 30.0. The van der Waals surface area contributed by atoms with E-state index < -0.39 is 0 Å². The first kappa shape index (κ1) is 11.0. The van der Waals surface area contributed by atoms with Crippen molar-refractivity contribution in [1.82, 2.24) is 10.2 Å². The van der Waals surface area contributed by atoms with Gasteiger partial charge in [0, 0.05) is 31.7 Å². The highest BCUT2D eigenvalue weighted by Crippen LogP contribution is 2.17. The summed E-state index contributed by atoms with van der Waals surface area (Å²) in [6.45, 7) is 12.9. The van der Waals surface area contributed by atoms with Crippen LogP contribution in [0, 0.1) is 5.92 Å². The van der Waals surface area contributed by atoms with Gasteiger partial charge in [-0.05, 0) is 19.8 Å². The van der Waals surface area contributed by atoms with Gasteiger partial charge >= 0.3 is 0 Å². The molecule has 0 bridgehead atoms. The number of nitrogens with one attached hydrogen (secondary N) is 1. The Morgan fingerprint density at radius 1 is 1.46 bits per heavy atom. The second kappa shape index (κ2) is 4.97. The number of nitrogens with zero attached hydrogens (tertiary/aromatic N) is 1. The van der Waals surface area contributed by atoms with Gasteiger partial charge < -0.3 is 5.32 Å². The molecule has 0 spiro atoms. The van der Waals surface area contributed by atoms with E-state index in [-0.39, 0.29) is 0 Å². The summed E-state index contributed by atoms with van der Waals surface area (Å²) in [5.74, 6) is 0.820. The Hall–Kier alpha value is -0.0800. The van der Waals surface area contributed by atoms with Crippen molar-refractivity contribution in [1.29, 1.82) is 0 Å². The molecular formula is C11H24N2. The largest absolute Gasteiger partial charge is 0.314 e. The summed E-state index contributed by atoms with van der Waals surface area (Å²) >= 11 is 0. The van der Waals surface area contributed by atoms with Crippen molar-refractivity contribution in [3.8, 4) is 0 Å². The second-order valence-corrected chi connectivity index (χ2v) is 4.42. The molecule has 1 aliphatic rings. The molecule has 0 saturated carbocycles. The van der Waals surface area contributed by atoms with Crippen molar-refractivity contribution >= 4 is 0 Å². The van der Waals surface area contributed by atoms with Gasteiger partial charge in [0.1, 0.15) is 0 Å². The predicted octanol–water partition coefficient (Wildman–Crippen LogP) is 1.71. The lowest BCUT2D eigenvalue weighted by molar-refractivity contribution is 0.0926. The Bertz CT molecular complexity index is 147. The van der Waals surface area contributed by atoms with E-state index in [0.29, 0.717) is 6.04 Å². The fourth-order valence-electron chi connectivity index (χ4n) is 2.13. The van der Waals surface area contributed by atoms with Gasteiger partial charge in [-0.25, -0.2) is 0 Å². The summed E-state index contributed by atoms with van der Waals surface area (Å²) in [5.41, 5.74) is 0. The van der Waals surface area contributed by atoms with E-state index >= 15 is 0 Å². The maximum Gasteiger partial charge on any atom is 0.0195 e. The molecule has 1 saturated heterocycles. The maximum absolute atomic E-state index is 3.43. The summed E-state index contributed by atoms with van der Waals surface area (Å²) in [4.78, 5) is 2.64. The first-order chi connectivity index (χ1) is 6.16. The Kier molecular flexibility index (Phi) is 4.20. The van der Waals surface area contributed by atoms with Crippen LogP contribution in [0.15, 0.2) is 0 Å². The van der Waals surface area contributed by atoms with Crippen LogP contribution in [0.2, 0.25) is 0 Å². The Labute approximate surface area is 82.7 Å². The molecule has 1 rings (SSSR count). The average Bonchev–Trinajstić information content (AvgIpc) is 2.16. The van der Waals surface area contributed by atoms with Gasteiger partial charge in [-0.2, -0.15) is 0 Å². The van der Waals surface area contributed by atoms with Crippen LogP contribution in [0.25, 0.3) is 0 Å². The van der Waals surface area contributed by atoms with Gasteiger partial charge in [0.25, 0.3) is 0 Å². The zero-order chi connectivity index (χ0) is 9.84. The van der Waals surface area contributed by atoms with Crippen LogP contribution in [0.5, 0.6) is 0 Å². The zero-order valence-corrected chi connectivity index (χ0v) is 9.51. The molecule has 1 aliphatic heterocycles. The molecule has 0 aromatic rings. The van der Waals surface area contributed by atoms with Crippen LogP contribution in [0.4, 0.5) is 0 Å². The fraction of sp³-hybridized carbons (Fsp3) is 1.00. The molecule has 3 atom stereocenters. The van der Waals surface area contributed by atoms with Gasteiger partial charge in [-0.1, -0.05) is 20.3 Å². The van der Waals surface area contributed by atoms with Crippen molar-refractivity contribution in [3.63, 3.8) is 0 Å². The third-order valence-corrected chi connectivity index (χ3v) is 3.54. The molecule has 0 amide bonds. The van der Waals surface area contributed by atoms with Crippen molar-refractivity contribution in [2.45, 2.75) is 46.2 Å². The SMILES string of the molecule is CCC(C)C(C)N1CCNC[C@@H]1C. The quantitative estimate of drug-likeness (QED) is 0.718. The molecule has 0 aromatic heterocycles. The highest BCUT2D eigenvalue weighted by Gasteiger charge is 2.25. The summed E-state index contributed by atoms with van der Waals surface area (Å²) in [7, 11) is 0. The first-order valence-corrected chi connectivity index (χ1v) is 5.63. The molecule has 1 fully saturated rings. The molecule has 1 N–H and O–H groups in total. The van der Waals surface area contributed by atoms with Crippen LogP contribution in [-0.2, 0) is 0 Å². The molecule has 2 heteroatoms. The first-order valence-electron chi connectivity index (χ1n) is 5.63. The minimum absolute atomic E-state index is 0.706. The van der Waals surface area contributed by atoms with Crippen molar-refractivity contribution in [3.05, 3.63) is 0 Å². The van der Waals surface area contributed by atoms with E-state index in [1.54, 1.807) is 0 Å². The van der Waals surface area contributed by atoms with Crippen LogP contribution < -0.4 is 5.32 Å². The number of hydrogen-bond acceptors (Lipinski definition) is 2. The lowest BCUT2D eigenvalue weighted by Crippen LogP contribution is -2.54. The lowest BCUT2D eigenvalue weighted by atomic mass is 9.97. The van der Waals surface area contributed by atoms with E-state index in [1.807, 2.05) is 0 Å². The van der Waals surface area contributed by atoms with Crippen molar-refractivity contribution < 1.29 is 0 Å². The molecule has 0 aliphatic carbocycles. The molecule has 0 radical (unpaired) electrons. The van der Waals surface area contributed by atoms with Crippen LogP contribution >= 0.6 is 0 Å². The smallest absolute Gasteiger partial charge is 0.0195 e. The van der Waals surface area contributed by atoms with E-state index in [0.717, 1.165) is 25.0 Å². The topological polar surface area (TPSA) is 15.3 Å². The highest BCUT2D eigenvalue weighted by molar-refractivity contribution is 4.82. The van der Waals surface area contributed by atoms with Gasteiger partial charge in [-0.3, -0.25) is 4.90 Å². The summed E-state index contributed by atoms with van der Waals surface area (Å²) in [6.07, 6.45) is 1.29. The van der Waals surface area contributed by atoms with Gasteiger partial charge in [0.2, 0.25) is 0 Å². The molecule has 1 heterocycles. The van der Waals surface area contributed by atoms with Gasteiger partial charge in [0.15, 0.2) is 0 Å². The third kappa shape index (κ3) is 2.68. The van der Waals surface area contributed by atoms with E-state index in [2.05, 4.69) is 37.9 Å². The van der Waals surface area contributed by atoms with E-state index in [9.17, 15) is 0 Å².